The Balaban J connectivity index is 1.81. The van der Waals surface area contributed by atoms with Crippen LogP contribution in [0.15, 0.2) is 11.6 Å². The van der Waals surface area contributed by atoms with E-state index in [0.717, 1.165) is 5.41 Å². The molecule has 0 aromatic carbocycles. The summed E-state index contributed by atoms with van der Waals surface area (Å²) in [5.74, 6) is 1.97. The van der Waals surface area contributed by atoms with Gasteiger partial charge < -0.3 is 0 Å². The minimum absolute atomic E-state index is 0.576. The van der Waals surface area contributed by atoms with Crippen LogP contribution >= 0.6 is 0 Å². The van der Waals surface area contributed by atoms with E-state index < -0.39 is 0 Å². The molecular weight excluding hydrogens is 180 g/mol. The van der Waals surface area contributed by atoms with Crippen LogP contribution in [0.1, 0.15) is 65.2 Å². The molecule has 0 unspecified atom stereocenters. The summed E-state index contributed by atoms with van der Waals surface area (Å²) in [5, 5.41) is 0. The number of allylic oxidation sites excluding steroid dienone is 2. The predicted molar refractivity (Wildman–Crippen MR) is 64.5 cm³/mol. The average Bonchev–Trinajstić information content (AvgIpc) is 2.83. The van der Waals surface area contributed by atoms with E-state index in [4.69, 9.17) is 0 Å². The first-order valence-corrected chi connectivity index (χ1v) is 6.67. The smallest absolute Gasteiger partial charge is 0.0808 e. The highest BCUT2D eigenvalue weighted by Gasteiger charge is 2.67. The molecular formula is C15H23+. The third-order valence-corrected chi connectivity index (χ3v) is 5.28. The zero-order chi connectivity index (χ0) is 10.5. The van der Waals surface area contributed by atoms with E-state index in [1.54, 1.807) is 5.57 Å². The second-order valence-electron chi connectivity index (χ2n) is 6.43. The molecule has 0 heterocycles. The van der Waals surface area contributed by atoms with Gasteiger partial charge in [-0.1, -0.05) is 11.6 Å². The first kappa shape index (κ1) is 9.81. The van der Waals surface area contributed by atoms with Gasteiger partial charge in [-0.15, -0.1) is 0 Å². The van der Waals surface area contributed by atoms with Crippen LogP contribution in [0.2, 0.25) is 0 Å². The van der Waals surface area contributed by atoms with Crippen molar-refractivity contribution in [2.45, 2.75) is 65.2 Å². The van der Waals surface area contributed by atoms with Gasteiger partial charge in [0.25, 0.3) is 0 Å². The van der Waals surface area contributed by atoms with Crippen LogP contribution in [0.4, 0.5) is 0 Å². The molecule has 0 aromatic rings. The molecule has 3 aliphatic carbocycles. The van der Waals surface area contributed by atoms with Crippen LogP contribution in [-0.2, 0) is 0 Å². The first-order chi connectivity index (χ1) is 7.15. The Morgan fingerprint density at radius 3 is 2.60 bits per heavy atom. The van der Waals surface area contributed by atoms with Gasteiger partial charge in [0.05, 0.1) is 6.42 Å². The third kappa shape index (κ3) is 1.45. The minimum atomic E-state index is 0.576. The van der Waals surface area contributed by atoms with Crippen molar-refractivity contribution in [3.05, 3.63) is 17.6 Å². The lowest BCUT2D eigenvalue weighted by Crippen LogP contribution is -2.30. The summed E-state index contributed by atoms with van der Waals surface area (Å²) in [6.07, 6.45) is 14.1. The molecule has 15 heavy (non-hydrogen) atoms. The van der Waals surface area contributed by atoms with E-state index >= 15 is 0 Å². The minimum Gasteiger partial charge on any atom is -0.0808 e. The highest BCUT2D eigenvalue weighted by molar-refractivity contribution is 5.27. The molecule has 0 saturated heterocycles. The van der Waals surface area contributed by atoms with Crippen molar-refractivity contribution in [3.63, 3.8) is 0 Å². The van der Waals surface area contributed by atoms with Crippen LogP contribution in [0.5, 0.6) is 0 Å². The van der Waals surface area contributed by atoms with Gasteiger partial charge in [-0.2, -0.15) is 0 Å². The fourth-order valence-corrected chi connectivity index (χ4v) is 4.01. The quantitative estimate of drug-likeness (QED) is 0.429. The first-order valence-electron chi connectivity index (χ1n) is 6.67. The molecule has 0 aliphatic heterocycles. The summed E-state index contributed by atoms with van der Waals surface area (Å²) in [6, 6.07) is 0. The van der Waals surface area contributed by atoms with Crippen LogP contribution in [0.25, 0.3) is 0 Å². The van der Waals surface area contributed by atoms with E-state index in [9.17, 15) is 0 Å². The van der Waals surface area contributed by atoms with E-state index in [0.29, 0.717) is 5.41 Å². The Labute approximate surface area is 94.1 Å². The Morgan fingerprint density at radius 2 is 2.00 bits per heavy atom. The van der Waals surface area contributed by atoms with Gasteiger partial charge in [0, 0.05) is 6.42 Å². The largest absolute Gasteiger partial charge is 0.112 e. The summed E-state index contributed by atoms with van der Waals surface area (Å²) < 4.78 is 0. The summed E-state index contributed by atoms with van der Waals surface area (Å²) in [6.45, 7) is 4.84. The third-order valence-electron chi connectivity index (χ3n) is 5.28. The monoisotopic (exact) mass is 203 g/mol. The van der Waals surface area contributed by atoms with Crippen molar-refractivity contribution in [1.82, 2.24) is 0 Å². The molecule has 0 amide bonds. The zero-order valence-corrected chi connectivity index (χ0v) is 10.2. The predicted octanol–water partition coefficient (Wildman–Crippen LogP) is 4.66. The molecule has 2 fully saturated rings. The maximum atomic E-state index is 2.54. The van der Waals surface area contributed by atoms with E-state index in [-0.39, 0.29) is 0 Å². The molecule has 2 saturated carbocycles. The number of hydrogen-bond donors (Lipinski definition) is 0. The van der Waals surface area contributed by atoms with Crippen LogP contribution < -0.4 is 0 Å². The van der Waals surface area contributed by atoms with Crippen molar-refractivity contribution in [2.75, 3.05) is 0 Å². The maximum absolute atomic E-state index is 2.54. The standard InChI is InChI=1S/C15H23/c1-12-5-8-14(2,9-6-12)13-4-3-7-15(13)10-11-15/h5H,3-4,6-11H2,1-2H3/q+1/t14-/m1/s1. The fourth-order valence-electron chi connectivity index (χ4n) is 4.01. The lowest BCUT2D eigenvalue weighted by Gasteiger charge is -2.32. The van der Waals surface area contributed by atoms with Gasteiger partial charge in [-0.25, -0.2) is 0 Å². The van der Waals surface area contributed by atoms with Gasteiger partial charge in [0.1, 0.15) is 16.7 Å². The molecule has 0 nitrogen and oxygen atoms in total. The summed E-state index contributed by atoms with van der Waals surface area (Å²) >= 11 is 0. The van der Waals surface area contributed by atoms with Crippen LogP contribution in [0.3, 0.4) is 0 Å². The molecule has 0 bridgehead atoms. The Morgan fingerprint density at radius 1 is 1.20 bits per heavy atom. The zero-order valence-electron chi connectivity index (χ0n) is 10.2. The Hall–Kier alpha value is -0.390. The molecule has 0 heteroatoms. The molecule has 0 radical (unpaired) electrons. The highest BCUT2D eigenvalue weighted by Crippen LogP contribution is 2.69. The Kier molecular flexibility index (Phi) is 2.00. The fraction of sp³-hybridized carbons (Fsp3) is 0.800. The van der Waals surface area contributed by atoms with Gasteiger partial charge in [0.15, 0.2) is 0 Å². The molecule has 82 valence electrons. The van der Waals surface area contributed by atoms with Gasteiger partial charge >= 0.3 is 0 Å². The van der Waals surface area contributed by atoms with E-state index in [1.807, 2.05) is 5.92 Å². The second-order valence-corrected chi connectivity index (χ2v) is 6.43. The molecule has 3 rings (SSSR count). The lowest BCUT2D eigenvalue weighted by atomic mass is 9.63. The number of rotatable bonds is 1. The van der Waals surface area contributed by atoms with Crippen molar-refractivity contribution in [3.8, 4) is 0 Å². The molecule has 0 aromatic heterocycles. The highest BCUT2D eigenvalue weighted by atomic mass is 14.6. The van der Waals surface area contributed by atoms with E-state index in [2.05, 4.69) is 19.9 Å². The van der Waals surface area contributed by atoms with Crippen molar-refractivity contribution in [1.29, 1.82) is 0 Å². The van der Waals surface area contributed by atoms with Crippen LogP contribution in [-0.4, -0.2) is 0 Å². The van der Waals surface area contributed by atoms with Crippen molar-refractivity contribution >= 4 is 0 Å². The lowest BCUT2D eigenvalue weighted by molar-refractivity contribution is 0.254. The van der Waals surface area contributed by atoms with E-state index in [1.165, 1.54) is 51.4 Å². The molecule has 0 N–H and O–H groups in total. The van der Waals surface area contributed by atoms with Crippen LogP contribution in [0, 0.1) is 16.7 Å². The molecule has 3 aliphatic rings. The van der Waals surface area contributed by atoms with Gasteiger partial charge in [0.2, 0.25) is 0 Å². The summed E-state index contributed by atoms with van der Waals surface area (Å²) in [5.41, 5.74) is 2.95. The molecule has 1 spiro atoms. The average molecular weight is 203 g/mol. The van der Waals surface area contributed by atoms with Crippen molar-refractivity contribution < 1.29 is 0 Å². The summed E-state index contributed by atoms with van der Waals surface area (Å²) in [7, 11) is 0. The maximum Gasteiger partial charge on any atom is 0.112 e. The Bertz CT molecular complexity index is 295. The molecule has 1 atom stereocenters. The second kappa shape index (κ2) is 3.06. The van der Waals surface area contributed by atoms with Gasteiger partial charge in [-0.3, -0.25) is 0 Å². The number of hydrogen-bond acceptors (Lipinski definition) is 0. The SMILES string of the molecule is CC1=CC[C@@](C)([C+]2CCCC23CC3)CC1. The van der Waals surface area contributed by atoms with Crippen molar-refractivity contribution in [2.24, 2.45) is 10.8 Å². The normalized spacial score (nSPS) is 38.3. The topological polar surface area (TPSA) is 0 Å². The summed E-state index contributed by atoms with van der Waals surface area (Å²) in [4.78, 5) is 0. The van der Waals surface area contributed by atoms with Gasteiger partial charge in [-0.05, 0) is 52.4 Å².